The SMILES string of the molecule is COCC1CCn2nccc2CN1C(=O)c1cc(F)c(F)cc1C. The summed E-state index contributed by atoms with van der Waals surface area (Å²) in [7, 11) is 1.58. The summed E-state index contributed by atoms with van der Waals surface area (Å²) in [5, 5.41) is 4.25. The number of carbonyl (C=O) groups excluding carboxylic acids is 1. The molecule has 1 aromatic carbocycles. The van der Waals surface area contributed by atoms with Gasteiger partial charge in [0, 0.05) is 25.4 Å². The van der Waals surface area contributed by atoms with Gasteiger partial charge >= 0.3 is 0 Å². The smallest absolute Gasteiger partial charge is 0.254 e. The van der Waals surface area contributed by atoms with Gasteiger partial charge < -0.3 is 9.64 Å². The Kier molecular flexibility index (Phi) is 4.62. The molecule has 0 saturated carbocycles. The second kappa shape index (κ2) is 6.68. The van der Waals surface area contributed by atoms with Crippen LogP contribution in [0.4, 0.5) is 8.78 Å². The maximum absolute atomic E-state index is 13.6. The largest absolute Gasteiger partial charge is 0.383 e. The molecule has 2 heterocycles. The maximum atomic E-state index is 13.6. The first kappa shape index (κ1) is 16.6. The predicted molar refractivity (Wildman–Crippen MR) is 83.5 cm³/mol. The number of hydrogen-bond acceptors (Lipinski definition) is 3. The van der Waals surface area contributed by atoms with Crippen LogP contribution in [0.3, 0.4) is 0 Å². The van der Waals surface area contributed by atoms with Crippen LogP contribution in [0.1, 0.15) is 28.0 Å². The zero-order valence-corrected chi connectivity index (χ0v) is 13.6. The number of aromatic nitrogens is 2. The average Bonchev–Trinajstić information content (AvgIpc) is 2.92. The lowest BCUT2D eigenvalue weighted by Crippen LogP contribution is -2.42. The highest BCUT2D eigenvalue weighted by atomic mass is 19.2. The first-order chi connectivity index (χ1) is 11.5. The molecule has 1 unspecified atom stereocenters. The molecule has 1 amide bonds. The molecule has 7 heteroatoms. The highest BCUT2D eigenvalue weighted by Crippen LogP contribution is 2.23. The second-order valence-electron chi connectivity index (χ2n) is 5.96. The summed E-state index contributed by atoms with van der Waals surface area (Å²) in [5.41, 5.74) is 1.48. The monoisotopic (exact) mass is 335 g/mol. The fraction of sp³-hybridized carbons (Fsp3) is 0.412. The number of fused-ring (bicyclic) bond motifs is 1. The van der Waals surface area contributed by atoms with E-state index in [2.05, 4.69) is 5.10 Å². The van der Waals surface area contributed by atoms with E-state index < -0.39 is 11.6 Å². The molecule has 3 rings (SSSR count). The van der Waals surface area contributed by atoms with Crippen molar-refractivity contribution in [3.8, 4) is 0 Å². The van der Waals surface area contributed by atoms with Gasteiger partial charge in [-0.1, -0.05) is 0 Å². The zero-order chi connectivity index (χ0) is 17.3. The number of benzene rings is 1. The van der Waals surface area contributed by atoms with Crippen LogP contribution >= 0.6 is 0 Å². The van der Waals surface area contributed by atoms with E-state index in [0.29, 0.717) is 31.7 Å². The Balaban J connectivity index is 1.97. The summed E-state index contributed by atoms with van der Waals surface area (Å²) in [4.78, 5) is 14.7. The molecule has 0 radical (unpaired) electrons. The van der Waals surface area contributed by atoms with Gasteiger partial charge in [-0.15, -0.1) is 0 Å². The standard InChI is InChI=1S/C17H19F2N3O2/c1-11-7-15(18)16(19)8-14(11)17(23)21-9-12-3-5-20-22(12)6-4-13(21)10-24-2/h3,5,7-8,13H,4,6,9-10H2,1-2H3. The molecule has 1 aromatic heterocycles. The Morgan fingerprint density at radius 1 is 1.38 bits per heavy atom. The molecule has 1 atom stereocenters. The van der Waals surface area contributed by atoms with Gasteiger partial charge in [0.2, 0.25) is 0 Å². The van der Waals surface area contributed by atoms with Crippen LogP contribution in [0.15, 0.2) is 24.4 Å². The molecule has 0 fully saturated rings. The predicted octanol–water partition coefficient (Wildman–Crippen LogP) is 2.53. The minimum Gasteiger partial charge on any atom is -0.383 e. The summed E-state index contributed by atoms with van der Waals surface area (Å²) >= 11 is 0. The minimum atomic E-state index is -1.02. The average molecular weight is 335 g/mol. The van der Waals surface area contributed by atoms with Crippen LogP contribution in [0.2, 0.25) is 0 Å². The van der Waals surface area contributed by atoms with E-state index in [1.807, 2.05) is 10.7 Å². The van der Waals surface area contributed by atoms with Gasteiger partial charge in [0.25, 0.3) is 5.91 Å². The molecule has 0 N–H and O–H groups in total. The molecule has 24 heavy (non-hydrogen) atoms. The third-order valence-electron chi connectivity index (χ3n) is 4.37. The first-order valence-corrected chi connectivity index (χ1v) is 7.77. The van der Waals surface area contributed by atoms with Crippen LogP contribution in [-0.4, -0.2) is 40.3 Å². The molecule has 0 bridgehead atoms. The van der Waals surface area contributed by atoms with Crippen molar-refractivity contribution >= 4 is 5.91 Å². The Morgan fingerprint density at radius 3 is 2.88 bits per heavy atom. The van der Waals surface area contributed by atoms with Gasteiger partial charge in [0.1, 0.15) is 0 Å². The Hall–Kier alpha value is -2.28. The number of ether oxygens (including phenoxy) is 1. The lowest BCUT2D eigenvalue weighted by Gasteiger charge is -2.29. The molecule has 0 saturated heterocycles. The molecular formula is C17H19F2N3O2. The number of carbonyl (C=O) groups is 1. The fourth-order valence-corrected chi connectivity index (χ4v) is 3.06. The van der Waals surface area contributed by atoms with Crippen molar-refractivity contribution in [2.45, 2.75) is 32.5 Å². The number of methoxy groups -OCH3 is 1. The van der Waals surface area contributed by atoms with Crippen molar-refractivity contribution < 1.29 is 18.3 Å². The van der Waals surface area contributed by atoms with E-state index in [1.54, 1.807) is 25.1 Å². The van der Waals surface area contributed by atoms with Crippen molar-refractivity contribution in [2.24, 2.45) is 0 Å². The summed E-state index contributed by atoms with van der Waals surface area (Å²) < 4.78 is 34.1. The lowest BCUT2D eigenvalue weighted by atomic mass is 10.0. The van der Waals surface area contributed by atoms with Gasteiger partial charge in [-0.3, -0.25) is 9.48 Å². The van der Waals surface area contributed by atoms with Crippen molar-refractivity contribution in [1.29, 1.82) is 0 Å². The zero-order valence-electron chi connectivity index (χ0n) is 13.6. The normalized spacial score (nSPS) is 17.5. The van der Waals surface area contributed by atoms with Gasteiger partial charge in [-0.25, -0.2) is 8.78 Å². The third-order valence-corrected chi connectivity index (χ3v) is 4.37. The lowest BCUT2D eigenvalue weighted by molar-refractivity contribution is 0.0501. The fourth-order valence-electron chi connectivity index (χ4n) is 3.06. The molecular weight excluding hydrogens is 316 g/mol. The van der Waals surface area contributed by atoms with E-state index in [9.17, 15) is 13.6 Å². The van der Waals surface area contributed by atoms with Gasteiger partial charge in [0.15, 0.2) is 11.6 Å². The Labute approximate surface area is 138 Å². The number of nitrogens with zero attached hydrogens (tertiary/aromatic N) is 3. The van der Waals surface area contributed by atoms with E-state index >= 15 is 0 Å². The molecule has 0 spiro atoms. The number of hydrogen-bond donors (Lipinski definition) is 0. The van der Waals surface area contributed by atoms with E-state index in [1.165, 1.54) is 0 Å². The van der Waals surface area contributed by atoms with Crippen molar-refractivity contribution in [3.05, 3.63) is 52.9 Å². The van der Waals surface area contributed by atoms with Crippen LogP contribution in [0.25, 0.3) is 0 Å². The summed E-state index contributed by atoms with van der Waals surface area (Å²) in [5.74, 6) is -2.30. The van der Waals surface area contributed by atoms with Gasteiger partial charge in [-0.2, -0.15) is 5.10 Å². The highest BCUT2D eigenvalue weighted by molar-refractivity contribution is 5.95. The van der Waals surface area contributed by atoms with Crippen LogP contribution in [0.5, 0.6) is 0 Å². The van der Waals surface area contributed by atoms with Crippen LogP contribution in [0, 0.1) is 18.6 Å². The van der Waals surface area contributed by atoms with Gasteiger partial charge in [0.05, 0.1) is 24.9 Å². The maximum Gasteiger partial charge on any atom is 0.254 e. The van der Waals surface area contributed by atoms with E-state index in [0.717, 1.165) is 17.8 Å². The second-order valence-corrected chi connectivity index (χ2v) is 5.96. The first-order valence-electron chi connectivity index (χ1n) is 7.77. The molecule has 1 aliphatic heterocycles. The molecule has 5 nitrogen and oxygen atoms in total. The van der Waals surface area contributed by atoms with E-state index in [4.69, 9.17) is 4.74 Å². The van der Waals surface area contributed by atoms with Crippen molar-refractivity contribution in [2.75, 3.05) is 13.7 Å². The summed E-state index contributed by atoms with van der Waals surface area (Å²) in [6, 6.07) is 3.72. The quantitative estimate of drug-likeness (QED) is 0.866. The number of rotatable bonds is 3. The van der Waals surface area contributed by atoms with Crippen LogP contribution < -0.4 is 0 Å². The minimum absolute atomic E-state index is 0.156. The molecule has 1 aliphatic rings. The molecule has 0 aliphatic carbocycles. The van der Waals surface area contributed by atoms with E-state index in [-0.39, 0.29) is 17.5 Å². The summed E-state index contributed by atoms with van der Waals surface area (Å²) in [6.45, 7) is 3.00. The Bertz CT molecular complexity index is 760. The topological polar surface area (TPSA) is 47.4 Å². The van der Waals surface area contributed by atoms with Crippen molar-refractivity contribution in [3.63, 3.8) is 0 Å². The third kappa shape index (κ3) is 3.03. The highest BCUT2D eigenvalue weighted by Gasteiger charge is 2.30. The number of halogens is 2. The molecule has 2 aromatic rings. The Morgan fingerprint density at radius 2 is 2.12 bits per heavy atom. The van der Waals surface area contributed by atoms with Crippen molar-refractivity contribution in [1.82, 2.24) is 14.7 Å². The number of aryl methyl sites for hydroxylation is 2. The summed E-state index contributed by atoms with van der Waals surface area (Å²) in [6.07, 6.45) is 2.37. The number of amides is 1. The molecule has 128 valence electrons. The van der Waals surface area contributed by atoms with Gasteiger partial charge in [-0.05, 0) is 37.1 Å². The van der Waals surface area contributed by atoms with Crippen LogP contribution in [-0.2, 0) is 17.8 Å².